The summed E-state index contributed by atoms with van der Waals surface area (Å²) in [5, 5.41) is 4.22. The summed E-state index contributed by atoms with van der Waals surface area (Å²) in [7, 11) is 1.82. The van der Waals surface area contributed by atoms with Crippen molar-refractivity contribution in [2.45, 2.75) is 20.8 Å². The van der Waals surface area contributed by atoms with Crippen molar-refractivity contribution in [1.82, 2.24) is 9.78 Å². The highest BCUT2D eigenvalue weighted by Gasteiger charge is 2.12. The van der Waals surface area contributed by atoms with Crippen molar-refractivity contribution in [3.05, 3.63) is 35.0 Å². The Hall–Kier alpha value is -1.97. The zero-order valence-electron chi connectivity index (χ0n) is 10.6. The van der Waals surface area contributed by atoms with Crippen molar-refractivity contribution in [1.29, 1.82) is 0 Å². The van der Waals surface area contributed by atoms with Crippen LogP contribution in [0.2, 0.25) is 0 Å². The molecular formula is C13H17N3O. The number of aromatic nitrogens is 2. The molecule has 2 rings (SSSR count). The predicted molar refractivity (Wildman–Crippen MR) is 68.3 cm³/mol. The fourth-order valence-corrected chi connectivity index (χ4v) is 1.88. The summed E-state index contributed by atoms with van der Waals surface area (Å²) in [4.78, 5) is 0. The molecule has 0 bridgehead atoms. The monoisotopic (exact) mass is 231 g/mol. The van der Waals surface area contributed by atoms with Gasteiger partial charge >= 0.3 is 0 Å². The Labute approximate surface area is 101 Å². The van der Waals surface area contributed by atoms with Gasteiger partial charge in [0.2, 0.25) is 5.88 Å². The molecule has 0 saturated heterocycles. The van der Waals surface area contributed by atoms with Crippen LogP contribution in [0.4, 0.5) is 5.69 Å². The first-order valence-corrected chi connectivity index (χ1v) is 5.52. The second-order valence-electron chi connectivity index (χ2n) is 4.35. The molecule has 0 fully saturated rings. The van der Waals surface area contributed by atoms with E-state index in [0.717, 1.165) is 22.6 Å². The lowest BCUT2D eigenvalue weighted by Gasteiger charge is -2.08. The molecule has 0 aliphatic rings. The van der Waals surface area contributed by atoms with Crippen LogP contribution in [0, 0.1) is 20.8 Å². The molecule has 1 aromatic carbocycles. The number of hydrogen-bond acceptors (Lipinski definition) is 3. The van der Waals surface area contributed by atoms with Gasteiger partial charge in [0.1, 0.15) is 11.4 Å². The molecule has 0 aliphatic heterocycles. The average Bonchev–Trinajstić information content (AvgIpc) is 2.44. The third-order valence-electron chi connectivity index (χ3n) is 2.62. The van der Waals surface area contributed by atoms with E-state index in [2.05, 4.69) is 11.2 Å². The molecule has 0 spiro atoms. The van der Waals surface area contributed by atoms with Crippen LogP contribution in [0.1, 0.15) is 16.8 Å². The number of aryl methyl sites for hydroxylation is 4. The lowest BCUT2D eigenvalue weighted by Crippen LogP contribution is -1.97. The van der Waals surface area contributed by atoms with Gasteiger partial charge in [0.05, 0.1) is 5.69 Å². The quantitative estimate of drug-likeness (QED) is 0.864. The molecule has 0 unspecified atom stereocenters. The van der Waals surface area contributed by atoms with Gasteiger partial charge in [0.25, 0.3) is 0 Å². The molecule has 0 atom stereocenters. The smallest absolute Gasteiger partial charge is 0.241 e. The number of ether oxygens (including phenoxy) is 1. The summed E-state index contributed by atoms with van der Waals surface area (Å²) in [6.45, 7) is 5.94. The third kappa shape index (κ3) is 2.25. The van der Waals surface area contributed by atoms with E-state index < -0.39 is 0 Å². The maximum atomic E-state index is 5.92. The van der Waals surface area contributed by atoms with E-state index >= 15 is 0 Å². The Bertz CT molecular complexity index is 538. The maximum Gasteiger partial charge on any atom is 0.241 e. The van der Waals surface area contributed by atoms with E-state index in [0.29, 0.717) is 11.6 Å². The van der Waals surface area contributed by atoms with Crippen LogP contribution in [0.3, 0.4) is 0 Å². The second-order valence-corrected chi connectivity index (χ2v) is 4.35. The standard InChI is InChI=1S/C13H17N3O/c1-8-5-9(2)7-11(6-8)17-13-12(14)10(3)15-16(13)4/h5-7H,14H2,1-4H3. The highest BCUT2D eigenvalue weighted by molar-refractivity contribution is 5.54. The summed E-state index contributed by atoms with van der Waals surface area (Å²) in [6.07, 6.45) is 0. The lowest BCUT2D eigenvalue weighted by atomic mass is 10.1. The van der Waals surface area contributed by atoms with Crippen molar-refractivity contribution >= 4 is 5.69 Å². The topological polar surface area (TPSA) is 53.1 Å². The van der Waals surface area contributed by atoms with Gasteiger partial charge in [0.15, 0.2) is 0 Å². The van der Waals surface area contributed by atoms with Gasteiger partial charge in [-0.2, -0.15) is 5.10 Å². The van der Waals surface area contributed by atoms with Crippen molar-refractivity contribution in [3.63, 3.8) is 0 Å². The normalized spacial score (nSPS) is 10.6. The van der Waals surface area contributed by atoms with Gasteiger partial charge in [-0.1, -0.05) is 6.07 Å². The Morgan fingerprint density at radius 2 is 1.71 bits per heavy atom. The molecule has 90 valence electrons. The number of nitrogen functional groups attached to an aromatic ring is 1. The van der Waals surface area contributed by atoms with E-state index in [1.165, 1.54) is 0 Å². The third-order valence-corrected chi connectivity index (χ3v) is 2.62. The van der Waals surface area contributed by atoms with Crippen molar-refractivity contribution in [3.8, 4) is 11.6 Å². The molecule has 0 aliphatic carbocycles. The summed E-state index contributed by atoms with van der Waals surface area (Å²) in [6, 6.07) is 6.06. The van der Waals surface area contributed by atoms with Crippen molar-refractivity contribution in [2.75, 3.05) is 5.73 Å². The summed E-state index contributed by atoms with van der Waals surface area (Å²) >= 11 is 0. The van der Waals surface area contributed by atoms with E-state index in [1.807, 2.05) is 40.0 Å². The molecule has 1 aromatic heterocycles. The van der Waals surface area contributed by atoms with E-state index in [-0.39, 0.29) is 0 Å². The van der Waals surface area contributed by atoms with Crippen molar-refractivity contribution < 1.29 is 4.74 Å². The van der Waals surface area contributed by atoms with E-state index in [4.69, 9.17) is 10.5 Å². The van der Waals surface area contributed by atoms with E-state index in [9.17, 15) is 0 Å². The minimum absolute atomic E-state index is 0.589. The first-order valence-electron chi connectivity index (χ1n) is 5.52. The number of nitrogens with zero attached hydrogens (tertiary/aromatic N) is 2. The van der Waals surface area contributed by atoms with E-state index in [1.54, 1.807) is 4.68 Å². The maximum absolute atomic E-state index is 5.92. The molecule has 0 saturated carbocycles. The highest BCUT2D eigenvalue weighted by atomic mass is 16.5. The van der Waals surface area contributed by atoms with Gasteiger partial charge in [-0.25, -0.2) is 4.68 Å². The first kappa shape index (κ1) is 11.5. The molecule has 2 N–H and O–H groups in total. The van der Waals surface area contributed by atoms with Crippen LogP contribution >= 0.6 is 0 Å². The first-order chi connectivity index (χ1) is 7.97. The largest absolute Gasteiger partial charge is 0.437 e. The fourth-order valence-electron chi connectivity index (χ4n) is 1.88. The van der Waals surface area contributed by atoms with Crippen LogP contribution in [-0.2, 0) is 7.05 Å². The summed E-state index contributed by atoms with van der Waals surface area (Å²) in [5.74, 6) is 1.38. The molecule has 4 heteroatoms. The Balaban J connectivity index is 2.37. The Morgan fingerprint density at radius 3 is 2.18 bits per heavy atom. The van der Waals surface area contributed by atoms with Crippen LogP contribution < -0.4 is 10.5 Å². The minimum Gasteiger partial charge on any atom is -0.437 e. The van der Waals surface area contributed by atoms with Gasteiger partial charge in [-0.3, -0.25) is 0 Å². The van der Waals surface area contributed by atoms with Crippen LogP contribution in [0.5, 0.6) is 11.6 Å². The van der Waals surface area contributed by atoms with Gasteiger partial charge in [-0.05, 0) is 44.0 Å². The number of rotatable bonds is 2. The molecule has 0 radical (unpaired) electrons. The molecule has 1 heterocycles. The lowest BCUT2D eigenvalue weighted by molar-refractivity contribution is 0.432. The molecule has 17 heavy (non-hydrogen) atoms. The number of nitrogens with two attached hydrogens (primary N) is 1. The Morgan fingerprint density at radius 1 is 1.12 bits per heavy atom. The molecular weight excluding hydrogens is 214 g/mol. The number of anilines is 1. The van der Waals surface area contributed by atoms with Crippen LogP contribution in [-0.4, -0.2) is 9.78 Å². The van der Waals surface area contributed by atoms with Gasteiger partial charge < -0.3 is 10.5 Å². The highest BCUT2D eigenvalue weighted by Crippen LogP contribution is 2.29. The van der Waals surface area contributed by atoms with Gasteiger partial charge in [-0.15, -0.1) is 0 Å². The fraction of sp³-hybridized carbons (Fsp3) is 0.308. The molecule has 2 aromatic rings. The molecule has 4 nitrogen and oxygen atoms in total. The van der Waals surface area contributed by atoms with Crippen LogP contribution in [0.15, 0.2) is 18.2 Å². The number of hydrogen-bond donors (Lipinski definition) is 1. The second kappa shape index (κ2) is 4.13. The Kier molecular flexibility index (Phi) is 2.79. The zero-order chi connectivity index (χ0) is 12.6. The average molecular weight is 231 g/mol. The minimum atomic E-state index is 0.589. The molecule has 0 amide bonds. The summed E-state index contributed by atoms with van der Waals surface area (Å²) < 4.78 is 7.45. The number of benzene rings is 1. The van der Waals surface area contributed by atoms with Crippen LogP contribution in [0.25, 0.3) is 0 Å². The van der Waals surface area contributed by atoms with Gasteiger partial charge in [0, 0.05) is 7.05 Å². The SMILES string of the molecule is Cc1cc(C)cc(Oc2c(N)c(C)nn2C)c1. The zero-order valence-corrected chi connectivity index (χ0v) is 10.6. The van der Waals surface area contributed by atoms with Crippen molar-refractivity contribution in [2.24, 2.45) is 7.05 Å². The predicted octanol–water partition coefficient (Wildman–Crippen LogP) is 2.72. The summed E-state index contributed by atoms with van der Waals surface area (Å²) in [5.41, 5.74) is 9.62.